The Hall–Kier alpha value is -2.05. The Bertz CT molecular complexity index is 460. The molecule has 1 aromatic heterocycles. The van der Waals surface area contributed by atoms with Gasteiger partial charge in [-0.2, -0.15) is 0 Å². The van der Waals surface area contributed by atoms with Gasteiger partial charge < -0.3 is 15.5 Å². The third-order valence-electron chi connectivity index (χ3n) is 2.11. The second kappa shape index (κ2) is 4.65. The fourth-order valence-corrected chi connectivity index (χ4v) is 1.32. The van der Waals surface area contributed by atoms with E-state index >= 15 is 0 Å². The Balaban J connectivity index is 2.84. The molecule has 1 aromatic rings. The maximum absolute atomic E-state index is 11.4. The monoisotopic (exact) mass is 227 g/mol. The van der Waals surface area contributed by atoms with Crippen LogP contribution in [0.15, 0.2) is 11.0 Å². The van der Waals surface area contributed by atoms with Gasteiger partial charge in [0.1, 0.15) is 6.04 Å². The van der Waals surface area contributed by atoms with Crippen LogP contribution >= 0.6 is 0 Å². The van der Waals surface area contributed by atoms with Crippen molar-refractivity contribution in [1.82, 2.24) is 15.1 Å². The minimum Gasteiger partial charge on any atom is -0.480 e. The lowest BCUT2D eigenvalue weighted by Crippen LogP contribution is -2.42. The van der Waals surface area contributed by atoms with E-state index in [4.69, 9.17) is 5.11 Å². The predicted octanol–water partition coefficient (Wildman–Crippen LogP) is -1.15. The molecule has 0 saturated carbocycles. The molecule has 3 N–H and O–H groups in total. The Kier molecular flexibility index (Phi) is 3.49. The van der Waals surface area contributed by atoms with Gasteiger partial charge in [0.2, 0.25) is 5.91 Å². The number of carboxylic acids is 1. The number of amides is 1. The molecule has 0 aliphatic carbocycles. The number of rotatable bonds is 4. The van der Waals surface area contributed by atoms with Gasteiger partial charge in [0, 0.05) is 32.2 Å². The molecule has 0 aliphatic rings. The maximum Gasteiger partial charge on any atom is 0.326 e. The van der Waals surface area contributed by atoms with Gasteiger partial charge in [-0.3, -0.25) is 14.3 Å². The van der Waals surface area contributed by atoms with E-state index in [1.807, 2.05) is 0 Å². The summed E-state index contributed by atoms with van der Waals surface area (Å²) in [6.45, 7) is 1.23. The van der Waals surface area contributed by atoms with Crippen LogP contribution in [0, 0.1) is 0 Å². The highest BCUT2D eigenvalue weighted by Gasteiger charge is 2.20. The third-order valence-corrected chi connectivity index (χ3v) is 2.11. The van der Waals surface area contributed by atoms with E-state index in [0.29, 0.717) is 5.56 Å². The third kappa shape index (κ3) is 2.72. The largest absolute Gasteiger partial charge is 0.480 e. The SMILES string of the molecule is CC(=O)N[C@@H](Cc1c[nH]n(C)c1=O)C(=O)O. The van der Waals surface area contributed by atoms with Crippen molar-refractivity contribution in [1.29, 1.82) is 0 Å². The van der Waals surface area contributed by atoms with Crippen molar-refractivity contribution >= 4 is 11.9 Å². The molecule has 0 fully saturated rings. The fourth-order valence-electron chi connectivity index (χ4n) is 1.32. The van der Waals surface area contributed by atoms with E-state index in [0.717, 1.165) is 0 Å². The summed E-state index contributed by atoms with van der Waals surface area (Å²) in [6.07, 6.45) is 1.39. The van der Waals surface area contributed by atoms with Crippen molar-refractivity contribution in [3.63, 3.8) is 0 Å². The van der Waals surface area contributed by atoms with E-state index < -0.39 is 17.9 Å². The average Bonchev–Trinajstić information content (AvgIpc) is 2.47. The first-order valence-corrected chi connectivity index (χ1v) is 4.65. The van der Waals surface area contributed by atoms with Crippen LogP contribution in [0.5, 0.6) is 0 Å². The summed E-state index contributed by atoms with van der Waals surface area (Å²) in [5, 5.41) is 13.7. The zero-order chi connectivity index (χ0) is 12.3. The van der Waals surface area contributed by atoms with Crippen LogP contribution in [-0.4, -0.2) is 32.8 Å². The van der Waals surface area contributed by atoms with E-state index in [1.165, 1.54) is 24.9 Å². The number of H-pyrrole nitrogens is 1. The van der Waals surface area contributed by atoms with Gasteiger partial charge in [-0.15, -0.1) is 0 Å². The summed E-state index contributed by atoms with van der Waals surface area (Å²) >= 11 is 0. The van der Waals surface area contributed by atoms with Crippen LogP contribution < -0.4 is 10.9 Å². The van der Waals surface area contributed by atoms with E-state index in [1.54, 1.807) is 0 Å². The van der Waals surface area contributed by atoms with Crippen molar-refractivity contribution in [2.75, 3.05) is 0 Å². The van der Waals surface area contributed by atoms with Crippen molar-refractivity contribution in [3.05, 3.63) is 22.1 Å². The quantitative estimate of drug-likeness (QED) is 0.603. The van der Waals surface area contributed by atoms with Crippen LogP contribution in [0.3, 0.4) is 0 Å². The summed E-state index contributed by atoms with van der Waals surface area (Å²) < 4.78 is 1.24. The van der Waals surface area contributed by atoms with Crippen molar-refractivity contribution < 1.29 is 14.7 Å². The molecule has 1 heterocycles. The van der Waals surface area contributed by atoms with Crippen molar-refractivity contribution in [3.8, 4) is 0 Å². The maximum atomic E-state index is 11.4. The van der Waals surface area contributed by atoms with E-state index in [9.17, 15) is 14.4 Å². The minimum absolute atomic E-state index is 0.0366. The molecule has 1 amide bonds. The second-order valence-corrected chi connectivity index (χ2v) is 3.46. The van der Waals surface area contributed by atoms with Crippen molar-refractivity contribution in [2.45, 2.75) is 19.4 Å². The van der Waals surface area contributed by atoms with Gasteiger partial charge in [-0.1, -0.05) is 0 Å². The van der Waals surface area contributed by atoms with Crippen LogP contribution in [0.2, 0.25) is 0 Å². The number of nitrogens with one attached hydrogen (secondary N) is 2. The second-order valence-electron chi connectivity index (χ2n) is 3.46. The highest BCUT2D eigenvalue weighted by molar-refractivity contribution is 5.82. The highest BCUT2D eigenvalue weighted by atomic mass is 16.4. The topological polar surface area (TPSA) is 104 Å². The van der Waals surface area contributed by atoms with Gasteiger partial charge in [-0.25, -0.2) is 4.79 Å². The molecule has 7 nitrogen and oxygen atoms in total. The predicted molar refractivity (Wildman–Crippen MR) is 55.0 cm³/mol. The smallest absolute Gasteiger partial charge is 0.326 e. The van der Waals surface area contributed by atoms with E-state index in [-0.39, 0.29) is 12.0 Å². The summed E-state index contributed by atoms with van der Waals surface area (Å²) in [5.41, 5.74) is 0.0280. The average molecular weight is 227 g/mol. The number of carbonyl (C=O) groups is 2. The van der Waals surface area contributed by atoms with Gasteiger partial charge in [-0.05, 0) is 0 Å². The van der Waals surface area contributed by atoms with Crippen LogP contribution in [-0.2, 0) is 23.1 Å². The molecule has 1 rings (SSSR count). The highest BCUT2D eigenvalue weighted by Crippen LogP contribution is 1.97. The minimum atomic E-state index is -1.17. The summed E-state index contributed by atoms with van der Waals surface area (Å²) in [7, 11) is 1.53. The zero-order valence-corrected chi connectivity index (χ0v) is 8.98. The number of hydrogen-bond acceptors (Lipinski definition) is 3. The lowest BCUT2D eigenvalue weighted by Gasteiger charge is -2.11. The number of carboxylic acid groups (broad SMARTS) is 1. The molecule has 0 unspecified atom stereocenters. The first kappa shape index (κ1) is 12.0. The Morgan fingerprint density at radius 1 is 1.62 bits per heavy atom. The lowest BCUT2D eigenvalue weighted by molar-refractivity contribution is -0.141. The molecule has 88 valence electrons. The molecule has 0 radical (unpaired) electrons. The zero-order valence-electron chi connectivity index (χ0n) is 8.98. The summed E-state index contributed by atoms with van der Waals surface area (Å²) in [6, 6.07) is -1.08. The number of carbonyl (C=O) groups excluding carboxylic acids is 1. The first-order valence-electron chi connectivity index (χ1n) is 4.65. The number of nitrogens with zero attached hydrogens (tertiary/aromatic N) is 1. The molecule has 0 spiro atoms. The molecular formula is C9H13N3O4. The molecule has 0 aliphatic heterocycles. The molecular weight excluding hydrogens is 214 g/mol. The summed E-state index contributed by atoms with van der Waals surface area (Å²) in [4.78, 5) is 33.0. The van der Waals surface area contributed by atoms with Crippen LogP contribution in [0.1, 0.15) is 12.5 Å². The Morgan fingerprint density at radius 2 is 2.25 bits per heavy atom. The number of aryl methyl sites for hydroxylation is 1. The Labute approximate surface area is 91.1 Å². The number of aromatic nitrogens is 2. The molecule has 0 bridgehead atoms. The number of aromatic amines is 1. The van der Waals surface area contributed by atoms with Crippen molar-refractivity contribution in [2.24, 2.45) is 7.05 Å². The molecule has 0 aromatic carbocycles. The number of aliphatic carboxylic acids is 1. The van der Waals surface area contributed by atoms with E-state index in [2.05, 4.69) is 10.4 Å². The standard InChI is InChI=1S/C9H13N3O4/c1-5(13)11-7(9(15)16)3-6-4-10-12(2)8(6)14/h4,7,10H,3H2,1-2H3,(H,11,13)(H,15,16)/t7-/m0/s1. The van der Waals surface area contributed by atoms with Gasteiger partial charge in [0.15, 0.2) is 0 Å². The van der Waals surface area contributed by atoms with Gasteiger partial charge >= 0.3 is 5.97 Å². The van der Waals surface area contributed by atoms with Gasteiger partial charge in [0.25, 0.3) is 5.56 Å². The van der Waals surface area contributed by atoms with Crippen LogP contribution in [0.4, 0.5) is 0 Å². The molecule has 1 atom stereocenters. The normalized spacial score (nSPS) is 12.1. The first-order chi connectivity index (χ1) is 7.41. The molecule has 7 heteroatoms. The fraction of sp³-hybridized carbons (Fsp3) is 0.444. The summed E-state index contributed by atoms with van der Waals surface area (Å²) in [5.74, 6) is -1.61. The number of hydrogen-bond donors (Lipinski definition) is 3. The van der Waals surface area contributed by atoms with Crippen LogP contribution in [0.25, 0.3) is 0 Å². The Morgan fingerprint density at radius 3 is 2.62 bits per heavy atom. The lowest BCUT2D eigenvalue weighted by atomic mass is 10.1. The molecule has 0 saturated heterocycles. The van der Waals surface area contributed by atoms with Gasteiger partial charge in [0.05, 0.1) is 0 Å². The molecule has 16 heavy (non-hydrogen) atoms.